The van der Waals surface area contributed by atoms with E-state index >= 15 is 0 Å². The lowest BCUT2D eigenvalue weighted by atomic mass is 10.0. The Bertz CT molecular complexity index is 515. The average Bonchev–Trinajstić information content (AvgIpc) is 2.27. The van der Waals surface area contributed by atoms with E-state index in [4.69, 9.17) is 5.11 Å². The van der Waals surface area contributed by atoms with Crippen LogP contribution < -0.4 is 0 Å². The van der Waals surface area contributed by atoms with Gasteiger partial charge in [0.25, 0.3) is 0 Å². The zero-order valence-corrected chi connectivity index (χ0v) is 8.53. The lowest BCUT2D eigenvalue weighted by Crippen LogP contribution is -1.92. The van der Waals surface area contributed by atoms with Gasteiger partial charge in [0.1, 0.15) is 0 Å². The molecule has 2 nitrogen and oxygen atoms in total. The minimum absolute atomic E-state index is 0.0246. The maximum absolute atomic E-state index is 11.2. The lowest BCUT2D eigenvalue weighted by Gasteiger charge is -2.04. The van der Waals surface area contributed by atoms with E-state index in [0.29, 0.717) is 5.56 Å². The van der Waals surface area contributed by atoms with Gasteiger partial charge in [-0.15, -0.1) is 0 Å². The fraction of sp³-hybridized carbons (Fsp3) is 0.154. The maximum Gasteiger partial charge on any atom is 0.159 e. The van der Waals surface area contributed by atoms with Gasteiger partial charge in [-0.05, 0) is 29.3 Å². The van der Waals surface area contributed by atoms with Crippen molar-refractivity contribution in [2.24, 2.45) is 0 Å². The van der Waals surface area contributed by atoms with Crippen LogP contribution in [-0.4, -0.2) is 10.9 Å². The quantitative estimate of drug-likeness (QED) is 0.756. The molecule has 0 aliphatic carbocycles. The molecule has 2 heteroatoms. The van der Waals surface area contributed by atoms with Gasteiger partial charge in [0.2, 0.25) is 0 Å². The summed E-state index contributed by atoms with van der Waals surface area (Å²) in [5.41, 5.74) is 1.60. The number of Topliss-reactive ketones (excluding diaryl/α,β-unsaturated/α-hetero) is 1. The molecule has 2 aromatic rings. The number of aliphatic hydroxyl groups is 1. The first-order chi connectivity index (χ1) is 7.22. The normalized spacial score (nSPS) is 10.5. The second-order valence-corrected chi connectivity index (χ2v) is 3.57. The largest absolute Gasteiger partial charge is 0.392 e. The molecule has 0 aromatic heterocycles. The second kappa shape index (κ2) is 3.83. The van der Waals surface area contributed by atoms with Crippen LogP contribution >= 0.6 is 0 Å². The summed E-state index contributed by atoms with van der Waals surface area (Å²) in [6.45, 7) is 1.58. The van der Waals surface area contributed by atoms with Crippen LogP contribution in [0.2, 0.25) is 0 Å². The van der Waals surface area contributed by atoms with Crippen molar-refractivity contribution in [3.8, 4) is 0 Å². The fourth-order valence-electron chi connectivity index (χ4n) is 1.71. The highest BCUT2D eigenvalue weighted by Gasteiger charge is 2.03. The summed E-state index contributed by atoms with van der Waals surface area (Å²) in [7, 11) is 0. The Kier molecular flexibility index (Phi) is 2.52. The summed E-state index contributed by atoms with van der Waals surface area (Å²) in [6.07, 6.45) is 0. The number of benzene rings is 2. The van der Waals surface area contributed by atoms with Crippen molar-refractivity contribution in [3.05, 3.63) is 47.5 Å². The Morgan fingerprint density at radius 1 is 1.27 bits per heavy atom. The molecule has 0 aliphatic heterocycles. The predicted octanol–water partition coefficient (Wildman–Crippen LogP) is 2.53. The molecule has 0 bridgehead atoms. The van der Waals surface area contributed by atoms with Crippen LogP contribution in [0, 0.1) is 0 Å². The molecule has 0 unspecified atom stereocenters. The molecule has 15 heavy (non-hydrogen) atoms. The Labute approximate surface area is 88.2 Å². The molecule has 0 atom stereocenters. The van der Waals surface area contributed by atoms with Crippen LogP contribution in [0.4, 0.5) is 0 Å². The molecule has 0 heterocycles. The van der Waals surface area contributed by atoms with Crippen molar-refractivity contribution in [1.82, 2.24) is 0 Å². The van der Waals surface area contributed by atoms with Gasteiger partial charge in [-0.25, -0.2) is 0 Å². The average molecular weight is 200 g/mol. The number of ketones is 1. The van der Waals surface area contributed by atoms with Gasteiger partial charge in [-0.3, -0.25) is 4.79 Å². The summed E-state index contributed by atoms with van der Waals surface area (Å²) in [4.78, 5) is 11.2. The fourth-order valence-corrected chi connectivity index (χ4v) is 1.71. The standard InChI is InChI=1S/C13H12O2/c1-9(15)10-5-6-13-11(7-10)3-2-4-12(13)8-14/h2-7,14H,8H2,1H3. The van der Waals surface area contributed by atoms with E-state index in [1.165, 1.54) is 0 Å². The number of hydrogen-bond donors (Lipinski definition) is 1. The number of aliphatic hydroxyl groups excluding tert-OH is 1. The van der Waals surface area contributed by atoms with Crippen molar-refractivity contribution >= 4 is 16.6 Å². The molecular weight excluding hydrogens is 188 g/mol. The maximum atomic E-state index is 11.2. The van der Waals surface area contributed by atoms with E-state index in [-0.39, 0.29) is 12.4 Å². The van der Waals surface area contributed by atoms with Crippen LogP contribution in [-0.2, 0) is 6.61 Å². The van der Waals surface area contributed by atoms with Crippen LogP contribution in [0.3, 0.4) is 0 Å². The summed E-state index contributed by atoms with van der Waals surface area (Å²) >= 11 is 0. The molecular formula is C13H12O2. The highest BCUT2D eigenvalue weighted by Crippen LogP contribution is 2.20. The van der Waals surface area contributed by atoms with E-state index in [2.05, 4.69) is 0 Å². The Morgan fingerprint density at radius 3 is 2.73 bits per heavy atom. The first-order valence-electron chi connectivity index (χ1n) is 4.86. The van der Waals surface area contributed by atoms with Crippen molar-refractivity contribution in [3.63, 3.8) is 0 Å². The van der Waals surface area contributed by atoms with Gasteiger partial charge in [0.15, 0.2) is 5.78 Å². The molecule has 1 N–H and O–H groups in total. The third-order valence-electron chi connectivity index (χ3n) is 2.55. The highest BCUT2D eigenvalue weighted by molar-refractivity contribution is 5.99. The molecule has 0 radical (unpaired) electrons. The number of carbonyl (C=O) groups is 1. The van der Waals surface area contributed by atoms with Gasteiger partial charge in [-0.2, -0.15) is 0 Å². The summed E-state index contributed by atoms with van der Waals surface area (Å²) in [6, 6.07) is 11.3. The molecule has 76 valence electrons. The number of carbonyl (C=O) groups excluding carboxylic acids is 1. The molecule has 0 fully saturated rings. The number of rotatable bonds is 2. The summed E-state index contributed by atoms with van der Waals surface area (Å²) in [5.74, 6) is 0.0614. The van der Waals surface area contributed by atoms with Crippen molar-refractivity contribution in [2.75, 3.05) is 0 Å². The predicted molar refractivity (Wildman–Crippen MR) is 59.9 cm³/mol. The van der Waals surface area contributed by atoms with Gasteiger partial charge < -0.3 is 5.11 Å². The van der Waals surface area contributed by atoms with Crippen LogP contribution in [0.25, 0.3) is 10.8 Å². The van der Waals surface area contributed by atoms with E-state index in [1.54, 1.807) is 13.0 Å². The first-order valence-corrected chi connectivity index (χ1v) is 4.86. The Morgan fingerprint density at radius 2 is 2.07 bits per heavy atom. The second-order valence-electron chi connectivity index (χ2n) is 3.57. The summed E-state index contributed by atoms with van der Waals surface area (Å²) in [5, 5.41) is 11.1. The monoisotopic (exact) mass is 200 g/mol. The van der Waals surface area contributed by atoms with E-state index in [9.17, 15) is 4.79 Å². The van der Waals surface area contributed by atoms with E-state index < -0.39 is 0 Å². The molecule has 0 spiro atoms. The minimum atomic E-state index is 0.0246. The SMILES string of the molecule is CC(=O)c1ccc2c(CO)cccc2c1. The Balaban J connectivity index is 2.69. The van der Waals surface area contributed by atoms with E-state index in [0.717, 1.165) is 16.3 Å². The first kappa shape index (κ1) is 9.87. The number of fused-ring (bicyclic) bond motifs is 1. The van der Waals surface area contributed by atoms with Crippen molar-refractivity contribution < 1.29 is 9.90 Å². The molecule has 0 aliphatic rings. The zero-order chi connectivity index (χ0) is 10.8. The van der Waals surface area contributed by atoms with E-state index in [1.807, 2.05) is 30.3 Å². The van der Waals surface area contributed by atoms with Crippen molar-refractivity contribution in [2.45, 2.75) is 13.5 Å². The highest BCUT2D eigenvalue weighted by atomic mass is 16.3. The molecule has 0 saturated heterocycles. The molecule has 0 saturated carbocycles. The Hall–Kier alpha value is -1.67. The smallest absolute Gasteiger partial charge is 0.159 e. The van der Waals surface area contributed by atoms with Gasteiger partial charge in [-0.1, -0.05) is 30.3 Å². The van der Waals surface area contributed by atoms with Crippen LogP contribution in [0.5, 0.6) is 0 Å². The third kappa shape index (κ3) is 1.76. The molecule has 2 rings (SSSR count). The van der Waals surface area contributed by atoms with Crippen LogP contribution in [0.15, 0.2) is 36.4 Å². The zero-order valence-electron chi connectivity index (χ0n) is 8.53. The minimum Gasteiger partial charge on any atom is -0.392 e. The molecule has 0 amide bonds. The number of hydrogen-bond acceptors (Lipinski definition) is 2. The van der Waals surface area contributed by atoms with Crippen molar-refractivity contribution in [1.29, 1.82) is 0 Å². The van der Waals surface area contributed by atoms with Gasteiger partial charge in [0, 0.05) is 5.56 Å². The van der Waals surface area contributed by atoms with Gasteiger partial charge >= 0.3 is 0 Å². The topological polar surface area (TPSA) is 37.3 Å². The lowest BCUT2D eigenvalue weighted by molar-refractivity contribution is 0.101. The van der Waals surface area contributed by atoms with Gasteiger partial charge in [0.05, 0.1) is 6.61 Å². The van der Waals surface area contributed by atoms with Crippen LogP contribution in [0.1, 0.15) is 22.8 Å². The third-order valence-corrected chi connectivity index (χ3v) is 2.55. The summed E-state index contributed by atoms with van der Waals surface area (Å²) < 4.78 is 0. The molecule has 2 aromatic carbocycles.